The van der Waals surface area contributed by atoms with Crippen molar-refractivity contribution in [1.29, 1.82) is 0 Å². The number of rotatable bonds is 8. The summed E-state index contributed by atoms with van der Waals surface area (Å²) in [5.74, 6) is 2.32. The molecule has 0 fully saturated rings. The summed E-state index contributed by atoms with van der Waals surface area (Å²) in [6.45, 7) is 6.57. The monoisotopic (exact) mass is 300 g/mol. The van der Waals surface area contributed by atoms with E-state index in [2.05, 4.69) is 17.2 Å². The third-order valence-corrected chi connectivity index (χ3v) is 3.91. The second kappa shape index (κ2) is 8.04. The van der Waals surface area contributed by atoms with Crippen molar-refractivity contribution in [2.45, 2.75) is 46.2 Å². The van der Waals surface area contributed by atoms with Gasteiger partial charge < -0.3 is 11.1 Å². The molecule has 6 nitrogen and oxygen atoms in total. The molecule has 0 bridgehead atoms. The molecular weight excluding hydrogens is 276 g/mol. The number of hydrogen-bond donors (Lipinski definition) is 3. The van der Waals surface area contributed by atoms with Crippen LogP contribution >= 0.6 is 11.8 Å². The fourth-order valence-corrected chi connectivity index (χ4v) is 2.70. The van der Waals surface area contributed by atoms with E-state index in [0.29, 0.717) is 12.2 Å². The average molecular weight is 300 g/mol. The molecule has 1 aromatic heterocycles. The largest absolute Gasteiger partial charge is 0.383 e. The van der Waals surface area contributed by atoms with Gasteiger partial charge in [-0.15, -0.1) is 0 Å². The number of thioether (sulfide) groups is 1. The Hall–Kier alpha value is -1.37. The van der Waals surface area contributed by atoms with Crippen LogP contribution in [-0.2, 0) is 6.54 Å². The van der Waals surface area contributed by atoms with E-state index in [1.807, 2.05) is 25.6 Å². The first-order chi connectivity index (χ1) is 9.51. The lowest BCUT2D eigenvalue weighted by atomic mass is 10.2. The van der Waals surface area contributed by atoms with E-state index < -0.39 is 11.2 Å². The van der Waals surface area contributed by atoms with Gasteiger partial charge in [-0.05, 0) is 31.3 Å². The molecule has 4 N–H and O–H groups in total. The molecule has 0 aliphatic rings. The van der Waals surface area contributed by atoms with Gasteiger partial charge in [-0.2, -0.15) is 11.8 Å². The normalized spacial score (nSPS) is 12.3. The molecule has 1 unspecified atom stereocenters. The van der Waals surface area contributed by atoms with Gasteiger partial charge in [-0.25, -0.2) is 4.79 Å². The lowest BCUT2D eigenvalue weighted by molar-refractivity contribution is 0.640. The quantitative estimate of drug-likeness (QED) is 0.632. The lowest BCUT2D eigenvalue weighted by Crippen LogP contribution is -2.35. The molecule has 0 aliphatic heterocycles. The summed E-state index contributed by atoms with van der Waals surface area (Å²) in [6.07, 6.45) is 1.71. The van der Waals surface area contributed by atoms with Gasteiger partial charge in [-0.1, -0.05) is 13.8 Å². The van der Waals surface area contributed by atoms with Gasteiger partial charge in [0.2, 0.25) is 0 Å². The maximum Gasteiger partial charge on any atom is 0.330 e. The molecule has 20 heavy (non-hydrogen) atoms. The molecule has 1 heterocycles. The predicted molar refractivity (Wildman–Crippen MR) is 86.7 cm³/mol. The number of H-pyrrole nitrogens is 1. The zero-order chi connectivity index (χ0) is 15.1. The molecule has 1 rings (SSSR count). The number of nitrogens with zero attached hydrogens (tertiary/aromatic N) is 1. The van der Waals surface area contributed by atoms with Gasteiger partial charge in [0.05, 0.1) is 0 Å². The van der Waals surface area contributed by atoms with E-state index in [4.69, 9.17) is 5.73 Å². The van der Waals surface area contributed by atoms with Gasteiger partial charge in [0.15, 0.2) is 0 Å². The topological polar surface area (TPSA) is 92.9 Å². The molecule has 0 amide bonds. The highest BCUT2D eigenvalue weighted by Crippen LogP contribution is 2.14. The Morgan fingerprint density at radius 1 is 1.40 bits per heavy atom. The second-order valence-electron chi connectivity index (χ2n) is 4.70. The number of nitrogens with two attached hydrogens (primary N) is 1. The van der Waals surface area contributed by atoms with Crippen LogP contribution in [0.15, 0.2) is 9.59 Å². The molecule has 0 radical (unpaired) electrons. The van der Waals surface area contributed by atoms with Crippen LogP contribution in [0.1, 0.15) is 33.6 Å². The minimum atomic E-state index is -0.450. The van der Waals surface area contributed by atoms with Crippen molar-refractivity contribution in [2.75, 3.05) is 22.6 Å². The van der Waals surface area contributed by atoms with Crippen LogP contribution in [0.2, 0.25) is 0 Å². The van der Waals surface area contributed by atoms with Crippen molar-refractivity contribution >= 4 is 23.3 Å². The lowest BCUT2D eigenvalue weighted by Gasteiger charge is -2.17. The third kappa shape index (κ3) is 4.33. The Balaban J connectivity index is 2.92. The van der Waals surface area contributed by atoms with Crippen molar-refractivity contribution in [3.8, 4) is 0 Å². The Bertz CT molecular complexity index is 538. The van der Waals surface area contributed by atoms with Gasteiger partial charge in [0.1, 0.15) is 11.5 Å². The Morgan fingerprint density at radius 3 is 2.70 bits per heavy atom. The highest BCUT2D eigenvalue weighted by molar-refractivity contribution is 7.99. The molecule has 0 aliphatic carbocycles. The second-order valence-corrected chi connectivity index (χ2v) is 6.10. The van der Waals surface area contributed by atoms with Crippen LogP contribution in [0.5, 0.6) is 0 Å². The summed E-state index contributed by atoms with van der Waals surface area (Å²) >= 11 is 1.86. The first-order valence-corrected chi connectivity index (χ1v) is 8.13. The zero-order valence-electron chi connectivity index (χ0n) is 12.4. The van der Waals surface area contributed by atoms with Crippen LogP contribution in [0.4, 0.5) is 11.5 Å². The number of aromatic amines is 1. The fraction of sp³-hybridized carbons (Fsp3) is 0.692. The first kappa shape index (κ1) is 16.7. The van der Waals surface area contributed by atoms with Crippen molar-refractivity contribution in [2.24, 2.45) is 0 Å². The molecule has 0 spiro atoms. The zero-order valence-corrected chi connectivity index (χ0v) is 13.2. The highest BCUT2D eigenvalue weighted by atomic mass is 32.2. The maximum absolute atomic E-state index is 11.9. The van der Waals surface area contributed by atoms with Crippen LogP contribution in [-0.4, -0.2) is 27.1 Å². The molecule has 1 aromatic rings. The predicted octanol–water partition coefficient (Wildman–Crippen LogP) is 1.47. The van der Waals surface area contributed by atoms with Gasteiger partial charge in [-0.3, -0.25) is 14.3 Å². The maximum atomic E-state index is 11.9. The van der Waals surface area contributed by atoms with Crippen LogP contribution in [0, 0.1) is 0 Å². The Labute approximate surface area is 123 Å². The van der Waals surface area contributed by atoms with E-state index in [0.717, 1.165) is 24.3 Å². The number of anilines is 2. The van der Waals surface area contributed by atoms with Crippen molar-refractivity contribution in [3.63, 3.8) is 0 Å². The standard InChI is InChI=1S/C13H24N4O2S/c1-4-7-17-11(14)10(12(18)16-13(17)19)15-9(3)6-8-20-5-2/h9,15H,4-8,14H2,1-3H3,(H,16,18,19). The summed E-state index contributed by atoms with van der Waals surface area (Å²) in [5.41, 5.74) is 5.35. The van der Waals surface area contributed by atoms with E-state index in [-0.39, 0.29) is 11.9 Å². The van der Waals surface area contributed by atoms with Crippen LogP contribution in [0.3, 0.4) is 0 Å². The Kier molecular flexibility index (Phi) is 6.70. The smallest absolute Gasteiger partial charge is 0.330 e. The molecule has 7 heteroatoms. The van der Waals surface area contributed by atoms with E-state index in [1.165, 1.54) is 4.57 Å². The SMILES string of the molecule is CCCn1c(N)c(NC(C)CCSCC)c(=O)[nH]c1=O. The van der Waals surface area contributed by atoms with Gasteiger partial charge in [0, 0.05) is 12.6 Å². The summed E-state index contributed by atoms with van der Waals surface area (Å²) in [4.78, 5) is 25.9. The van der Waals surface area contributed by atoms with Crippen molar-refractivity contribution in [3.05, 3.63) is 20.8 Å². The van der Waals surface area contributed by atoms with Crippen LogP contribution < -0.4 is 22.3 Å². The van der Waals surface area contributed by atoms with Gasteiger partial charge >= 0.3 is 5.69 Å². The Morgan fingerprint density at radius 2 is 2.10 bits per heavy atom. The highest BCUT2D eigenvalue weighted by Gasteiger charge is 2.13. The summed E-state index contributed by atoms with van der Waals surface area (Å²) in [7, 11) is 0. The van der Waals surface area contributed by atoms with Crippen molar-refractivity contribution in [1.82, 2.24) is 9.55 Å². The van der Waals surface area contributed by atoms with E-state index >= 15 is 0 Å². The molecule has 0 aromatic carbocycles. The average Bonchev–Trinajstić information content (AvgIpc) is 2.40. The number of nitrogen functional groups attached to an aromatic ring is 1. The molecule has 1 atom stereocenters. The molecular formula is C13H24N4O2S. The van der Waals surface area contributed by atoms with Crippen LogP contribution in [0.25, 0.3) is 0 Å². The number of aromatic nitrogens is 2. The van der Waals surface area contributed by atoms with E-state index in [9.17, 15) is 9.59 Å². The fourth-order valence-electron chi connectivity index (χ4n) is 1.90. The number of nitrogens with one attached hydrogen (secondary N) is 2. The third-order valence-electron chi connectivity index (χ3n) is 2.98. The van der Waals surface area contributed by atoms with Gasteiger partial charge in [0.25, 0.3) is 5.56 Å². The van der Waals surface area contributed by atoms with Crippen molar-refractivity contribution < 1.29 is 0 Å². The molecule has 0 saturated carbocycles. The molecule has 0 saturated heterocycles. The number of hydrogen-bond acceptors (Lipinski definition) is 5. The minimum Gasteiger partial charge on any atom is -0.383 e. The summed E-state index contributed by atoms with van der Waals surface area (Å²) in [5, 5.41) is 3.12. The summed E-state index contributed by atoms with van der Waals surface area (Å²) < 4.78 is 1.40. The first-order valence-electron chi connectivity index (χ1n) is 6.98. The summed E-state index contributed by atoms with van der Waals surface area (Å²) in [6, 6.07) is 0.130. The van der Waals surface area contributed by atoms with E-state index in [1.54, 1.807) is 0 Å². The molecule has 114 valence electrons. The minimum absolute atomic E-state index is 0.130.